The summed E-state index contributed by atoms with van der Waals surface area (Å²) in [7, 11) is 0. The zero-order valence-electron chi connectivity index (χ0n) is 25.9. The molecular formula is C39H32N4O5. The maximum absolute atomic E-state index is 13.6. The Morgan fingerprint density at radius 3 is 2.12 bits per heavy atom. The number of amides is 1. The first-order valence-corrected chi connectivity index (χ1v) is 15.4. The number of carboxylic acids is 1. The summed E-state index contributed by atoms with van der Waals surface area (Å²) in [5.74, 6) is -0.956. The number of carbonyl (C=O) groups is 3. The Morgan fingerprint density at radius 2 is 1.40 bits per heavy atom. The Morgan fingerprint density at radius 1 is 0.750 bits per heavy atom. The number of hydrogen-bond donors (Lipinski definition) is 2. The van der Waals surface area contributed by atoms with Gasteiger partial charge >= 0.3 is 5.97 Å². The molecule has 0 saturated heterocycles. The van der Waals surface area contributed by atoms with Gasteiger partial charge in [0, 0.05) is 28.9 Å². The first-order valence-electron chi connectivity index (χ1n) is 15.4. The van der Waals surface area contributed by atoms with Gasteiger partial charge in [0.05, 0.1) is 23.8 Å². The molecule has 0 unspecified atom stereocenters. The van der Waals surface area contributed by atoms with Gasteiger partial charge in [-0.05, 0) is 54.1 Å². The summed E-state index contributed by atoms with van der Waals surface area (Å²) in [6.07, 6.45) is 1.66. The van der Waals surface area contributed by atoms with E-state index in [-0.39, 0.29) is 37.0 Å². The van der Waals surface area contributed by atoms with Crippen molar-refractivity contribution < 1.29 is 24.2 Å². The van der Waals surface area contributed by atoms with Crippen molar-refractivity contribution in [1.29, 1.82) is 0 Å². The number of anilines is 2. The molecule has 238 valence electrons. The topological polar surface area (TPSA) is 122 Å². The van der Waals surface area contributed by atoms with E-state index in [1.807, 2.05) is 60.7 Å². The predicted molar refractivity (Wildman–Crippen MR) is 185 cm³/mol. The van der Waals surface area contributed by atoms with E-state index in [1.165, 1.54) is 6.20 Å². The van der Waals surface area contributed by atoms with E-state index in [0.29, 0.717) is 39.3 Å². The number of fused-ring (bicyclic) bond motifs is 1. The van der Waals surface area contributed by atoms with E-state index < -0.39 is 12.0 Å². The number of nitrogens with one attached hydrogen (secondary N) is 1. The fourth-order valence-electron chi connectivity index (χ4n) is 5.31. The second kappa shape index (κ2) is 14.8. The first kappa shape index (κ1) is 31.6. The molecule has 0 aliphatic rings. The molecule has 0 radical (unpaired) electrons. The number of aromatic nitrogens is 2. The Labute approximate surface area is 277 Å². The van der Waals surface area contributed by atoms with E-state index in [9.17, 15) is 19.5 Å². The van der Waals surface area contributed by atoms with Crippen molar-refractivity contribution in [3.05, 3.63) is 162 Å². The fourth-order valence-corrected chi connectivity index (χ4v) is 5.31. The summed E-state index contributed by atoms with van der Waals surface area (Å²) >= 11 is 0. The number of benzene rings is 5. The molecule has 5 aromatic carbocycles. The molecule has 0 spiro atoms. The lowest BCUT2D eigenvalue weighted by atomic mass is 10.00. The molecular weight excluding hydrogens is 604 g/mol. The zero-order chi connectivity index (χ0) is 33.3. The van der Waals surface area contributed by atoms with Gasteiger partial charge in [0.1, 0.15) is 24.1 Å². The molecule has 1 atom stereocenters. The van der Waals surface area contributed by atoms with Crippen molar-refractivity contribution in [2.45, 2.75) is 12.5 Å². The average Bonchev–Trinajstić information content (AvgIpc) is 3.14. The lowest BCUT2D eigenvalue weighted by molar-refractivity contribution is -0.137. The third-order valence-electron chi connectivity index (χ3n) is 7.76. The minimum absolute atomic E-state index is 0.173. The molecule has 2 N–H and O–H groups in total. The van der Waals surface area contributed by atoms with Crippen molar-refractivity contribution in [2.75, 3.05) is 23.4 Å². The number of nitrogens with zero attached hydrogens (tertiary/aromatic N) is 3. The van der Waals surface area contributed by atoms with E-state index in [1.54, 1.807) is 77.7 Å². The van der Waals surface area contributed by atoms with Gasteiger partial charge in [-0.2, -0.15) is 0 Å². The number of hydrogen-bond acceptors (Lipinski definition) is 7. The lowest BCUT2D eigenvalue weighted by Gasteiger charge is -2.23. The van der Waals surface area contributed by atoms with Crippen LogP contribution in [0.25, 0.3) is 11.0 Å². The van der Waals surface area contributed by atoms with Gasteiger partial charge in [0.25, 0.3) is 5.91 Å². The Kier molecular flexibility index (Phi) is 9.77. The van der Waals surface area contributed by atoms with E-state index >= 15 is 0 Å². The van der Waals surface area contributed by atoms with Crippen LogP contribution in [0.5, 0.6) is 5.75 Å². The van der Waals surface area contributed by atoms with Crippen LogP contribution in [0.3, 0.4) is 0 Å². The second-order valence-electron chi connectivity index (χ2n) is 11.0. The van der Waals surface area contributed by atoms with Crippen molar-refractivity contribution in [3.63, 3.8) is 0 Å². The predicted octanol–water partition coefficient (Wildman–Crippen LogP) is 6.69. The summed E-state index contributed by atoms with van der Waals surface area (Å²) < 4.78 is 6.00. The fraction of sp³-hybridized carbons (Fsp3) is 0.103. The minimum atomic E-state index is -1.04. The highest BCUT2D eigenvalue weighted by Gasteiger charge is 2.22. The molecule has 9 nitrogen and oxygen atoms in total. The van der Waals surface area contributed by atoms with Crippen LogP contribution in [-0.4, -0.2) is 51.9 Å². The summed E-state index contributed by atoms with van der Waals surface area (Å²) in [4.78, 5) is 49.5. The second-order valence-corrected chi connectivity index (χ2v) is 11.0. The highest BCUT2D eigenvalue weighted by Crippen LogP contribution is 2.23. The highest BCUT2D eigenvalue weighted by atomic mass is 16.5. The molecule has 6 rings (SSSR count). The van der Waals surface area contributed by atoms with Gasteiger partial charge in [-0.1, -0.05) is 84.9 Å². The van der Waals surface area contributed by atoms with E-state index in [2.05, 4.69) is 15.3 Å². The number of ketones is 1. The van der Waals surface area contributed by atoms with Gasteiger partial charge in [0.2, 0.25) is 0 Å². The molecule has 1 aromatic heterocycles. The standard InChI is InChI=1S/C39H32N4O5/c44-37(28-11-3-1-4-12-28)31-15-7-8-16-32(31)41-35(39(46)47)25-27-19-21-30(22-20-27)48-24-23-43(29-13-5-2-6-14-29)38(45)36-26-40-33-17-9-10-18-34(33)42-36/h1-22,26,35,41H,23-25H2,(H,46,47)/t35-/m0/s1. The molecule has 48 heavy (non-hydrogen) atoms. The minimum Gasteiger partial charge on any atom is -0.492 e. The average molecular weight is 637 g/mol. The molecule has 9 heteroatoms. The van der Waals surface area contributed by atoms with E-state index in [4.69, 9.17) is 4.74 Å². The molecule has 0 aliphatic carbocycles. The summed E-state index contributed by atoms with van der Waals surface area (Å²) in [6.45, 7) is 0.456. The summed E-state index contributed by atoms with van der Waals surface area (Å²) in [6, 6.07) is 38.6. The van der Waals surface area contributed by atoms with Crippen LogP contribution in [0.15, 0.2) is 140 Å². The highest BCUT2D eigenvalue weighted by molar-refractivity contribution is 6.12. The molecule has 0 fully saturated rings. The number of ether oxygens (including phenoxy) is 1. The SMILES string of the molecule is O=C(c1ccccc1)c1ccccc1N[C@@H](Cc1ccc(OCCN(C(=O)c2cnc3ccccc3n2)c2ccccc2)cc1)C(=O)O. The summed E-state index contributed by atoms with van der Waals surface area (Å²) in [5, 5.41) is 13.1. The zero-order valence-corrected chi connectivity index (χ0v) is 25.9. The maximum atomic E-state index is 13.6. The molecule has 6 aromatic rings. The quantitative estimate of drug-likeness (QED) is 0.135. The van der Waals surface area contributed by atoms with Crippen molar-refractivity contribution in [2.24, 2.45) is 0 Å². The molecule has 1 heterocycles. The first-order chi connectivity index (χ1) is 23.5. The third kappa shape index (κ3) is 7.54. The van der Waals surface area contributed by atoms with Crippen LogP contribution in [0, 0.1) is 0 Å². The monoisotopic (exact) mass is 636 g/mol. The molecule has 0 bridgehead atoms. The number of aliphatic carboxylic acids is 1. The van der Waals surface area contributed by atoms with Crippen LogP contribution < -0.4 is 15.0 Å². The van der Waals surface area contributed by atoms with Crippen LogP contribution in [0.1, 0.15) is 32.0 Å². The number of carbonyl (C=O) groups excluding carboxylic acids is 2. The Hall–Kier alpha value is -6.35. The third-order valence-corrected chi connectivity index (χ3v) is 7.76. The van der Waals surface area contributed by atoms with Crippen LogP contribution >= 0.6 is 0 Å². The molecule has 1 amide bonds. The number of para-hydroxylation sites is 4. The smallest absolute Gasteiger partial charge is 0.326 e. The van der Waals surface area contributed by atoms with Gasteiger partial charge in [-0.3, -0.25) is 14.6 Å². The number of carboxylic acid groups (broad SMARTS) is 1. The van der Waals surface area contributed by atoms with Crippen molar-refractivity contribution in [3.8, 4) is 5.75 Å². The van der Waals surface area contributed by atoms with Crippen molar-refractivity contribution in [1.82, 2.24) is 9.97 Å². The van der Waals surface area contributed by atoms with Crippen LogP contribution in [-0.2, 0) is 11.2 Å². The van der Waals surface area contributed by atoms with Crippen LogP contribution in [0.2, 0.25) is 0 Å². The van der Waals surface area contributed by atoms with Gasteiger partial charge in [-0.15, -0.1) is 0 Å². The van der Waals surface area contributed by atoms with Gasteiger partial charge in [-0.25, -0.2) is 9.78 Å². The maximum Gasteiger partial charge on any atom is 0.326 e. The normalized spacial score (nSPS) is 11.4. The molecule has 0 saturated carbocycles. The van der Waals surface area contributed by atoms with Crippen LogP contribution in [0.4, 0.5) is 11.4 Å². The lowest BCUT2D eigenvalue weighted by Crippen LogP contribution is -2.35. The van der Waals surface area contributed by atoms with E-state index in [0.717, 1.165) is 5.56 Å². The van der Waals surface area contributed by atoms with Gasteiger partial charge in [0.15, 0.2) is 5.78 Å². The van der Waals surface area contributed by atoms with Gasteiger partial charge < -0.3 is 20.1 Å². The number of rotatable bonds is 13. The Bertz CT molecular complexity index is 2040. The Balaban J connectivity index is 1.10. The summed E-state index contributed by atoms with van der Waals surface area (Å²) in [5.41, 5.74) is 4.42. The largest absolute Gasteiger partial charge is 0.492 e. The molecule has 0 aliphatic heterocycles. The van der Waals surface area contributed by atoms with Crippen molar-refractivity contribution >= 4 is 40.1 Å².